The average Bonchev–Trinajstić information content (AvgIpc) is 3.02. The van der Waals surface area contributed by atoms with E-state index in [9.17, 15) is 0 Å². The van der Waals surface area contributed by atoms with E-state index in [-0.39, 0.29) is 0 Å². The summed E-state index contributed by atoms with van der Waals surface area (Å²) >= 11 is 0. The van der Waals surface area contributed by atoms with Crippen molar-refractivity contribution in [1.82, 2.24) is 15.2 Å². The van der Waals surface area contributed by atoms with Crippen LogP contribution >= 0.6 is 0 Å². The molecule has 118 valence electrons. The molecule has 0 aliphatic carbocycles. The van der Waals surface area contributed by atoms with Gasteiger partial charge in [-0.2, -0.15) is 5.10 Å². The Kier molecular flexibility index (Phi) is 3.59. The van der Waals surface area contributed by atoms with Gasteiger partial charge in [-0.15, -0.1) is 0 Å². The molecule has 0 bridgehead atoms. The Morgan fingerprint density at radius 2 is 1.71 bits per heavy atom. The van der Waals surface area contributed by atoms with Crippen LogP contribution in [0.1, 0.15) is 5.56 Å². The SMILES string of the molecule is Nc1[nH]nc2nc(-c3ccc(OCc4ccccc4)cc3)ccc12. The van der Waals surface area contributed by atoms with E-state index < -0.39 is 0 Å². The van der Waals surface area contributed by atoms with Gasteiger partial charge in [-0.25, -0.2) is 4.98 Å². The molecular formula is C19H16N4O. The number of nitrogens with zero attached hydrogens (tertiary/aromatic N) is 2. The van der Waals surface area contributed by atoms with Crippen LogP contribution in [0.25, 0.3) is 22.3 Å². The highest BCUT2D eigenvalue weighted by molar-refractivity contribution is 5.87. The second kappa shape index (κ2) is 6.04. The van der Waals surface area contributed by atoms with E-state index >= 15 is 0 Å². The number of H-pyrrole nitrogens is 1. The summed E-state index contributed by atoms with van der Waals surface area (Å²) in [5.74, 6) is 1.36. The largest absolute Gasteiger partial charge is 0.489 e. The van der Waals surface area contributed by atoms with Crippen LogP contribution in [-0.2, 0) is 6.61 Å². The molecule has 0 spiro atoms. The van der Waals surface area contributed by atoms with Gasteiger partial charge in [0.05, 0.1) is 11.1 Å². The van der Waals surface area contributed by atoms with E-state index in [2.05, 4.69) is 15.2 Å². The number of pyridine rings is 1. The summed E-state index contributed by atoms with van der Waals surface area (Å²) in [5.41, 5.74) is 9.41. The second-order valence-corrected chi connectivity index (χ2v) is 5.50. The van der Waals surface area contributed by atoms with E-state index in [0.29, 0.717) is 18.1 Å². The van der Waals surface area contributed by atoms with E-state index in [1.807, 2.05) is 66.7 Å². The molecule has 3 N–H and O–H groups in total. The number of ether oxygens (including phenoxy) is 1. The molecule has 5 nitrogen and oxygen atoms in total. The number of rotatable bonds is 4. The van der Waals surface area contributed by atoms with Crippen LogP contribution in [0.15, 0.2) is 66.7 Å². The van der Waals surface area contributed by atoms with Crippen molar-refractivity contribution in [1.29, 1.82) is 0 Å². The zero-order valence-electron chi connectivity index (χ0n) is 12.9. The van der Waals surface area contributed by atoms with Gasteiger partial charge < -0.3 is 10.5 Å². The Morgan fingerprint density at radius 1 is 0.917 bits per heavy atom. The third-order valence-electron chi connectivity index (χ3n) is 3.85. The molecule has 0 unspecified atom stereocenters. The number of nitrogen functional groups attached to an aromatic ring is 1. The minimum absolute atomic E-state index is 0.536. The van der Waals surface area contributed by atoms with Gasteiger partial charge in [0.1, 0.15) is 18.2 Å². The Hall–Kier alpha value is -3.34. The fourth-order valence-electron chi connectivity index (χ4n) is 2.54. The van der Waals surface area contributed by atoms with Gasteiger partial charge in [0.15, 0.2) is 5.65 Å². The highest BCUT2D eigenvalue weighted by Crippen LogP contribution is 2.24. The molecule has 4 rings (SSSR count). The van der Waals surface area contributed by atoms with Crippen molar-refractivity contribution in [2.24, 2.45) is 0 Å². The molecule has 0 saturated heterocycles. The smallest absolute Gasteiger partial charge is 0.183 e. The number of hydrogen-bond acceptors (Lipinski definition) is 4. The zero-order valence-corrected chi connectivity index (χ0v) is 12.9. The number of benzene rings is 2. The first-order chi connectivity index (χ1) is 11.8. The van der Waals surface area contributed by atoms with Gasteiger partial charge in [0.25, 0.3) is 0 Å². The van der Waals surface area contributed by atoms with Crippen molar-refractivity contribution in [3.8, 4) is 17.0 Å². The van der Waals surface area contributed by atoms with Gasteiger partial charge >= 0.3 is 0 Å². The highest BCUT2D eigenvalue weighted by atomic mass is 16.5. The van der Waals surface area contributed by atoms with Crippen LogP contribution in [-0.4, -0.2) is 15.2 Å². The third-order valence-corrected chi connectivity index (χ3v) is 3.85. The quantitative estimate of drug-likeness (QED) is 0.600. The molecule has 0 amide bonds. The molecule has 2 aromatic carbocycles. The molecule has 0 saturated carbocycles. The molecule has 0 fully saturated rings. The first-order valence-electron chi connectivity index (χ1n) is 7.67. The first kappa shape index (κ1) is 14.3. The highest BCUT2D eigenvalue weighted by Gasteiger charge is 2.06. The minimum atomic E-state index is 0.536. The molecule has 0 atom stereocenters. The van der Waals surface area contributed by atoms with Crippen LogP contribution in [0.4, 0.5) is 5.82 Å². The van der Waals surface area contributed by atoms with Gasteiger partial charge in [-0.3, -0.25) is 5.10 Å². The maximum absolute atomic E-state index is 5.80. The fraction of sp³-hybridized carbons (Fsp3) is 0.0526. The predicted molar refractivity (Wildman–Crippen MR) is 94.5 cm³/mol. The normalized spacial score (nSPS) is 10.8. The lowest BCUT2D eigenvalue weighted by Crippen LogP contribution is -1.94. The summed E-state index contributed by atoms with van der Waals surface area (Å²) in [5, 5.41) is 7.68. The molecular weight excluding hydrogens is 300 g/mol. The predicted octanol–water partition coefficient (Wildman–Crippen LogP) is 3.79. The zero-order chi connectivity index (χ0) is 16.4. The third kappa shape index (κ3) is 2.79. The summed E-state index contributed by atoms with van der Waals surface area (Å²) < 4.78 is 5.80. The number of nitrogens with two attached hydrogens (primary N) is 1. The Morgan fingerprint density at radius 3 is 2.50 bits per heavy atom. The Bertz CT molecular complexity index is 962. The van der Waals surface area contributed by atoms with Crippen LogP contribution in [0.2, 0.25) is 0 Å². The molecule has 0 aliphatic rings. The number of aromatic nitrogens is 3. The Balaban J connectivity index is 1.52. The molecule has 0 radical (unpaired) electrons. The summed E-state index contributed by atoms with van der Waals surface area (Å²) in [6.45, 7) is 0.553. The van der Waals surface area contributed by atoms with Crippen LogP contribution in [0.5, 0.6) is 5.75 Å². The van der Waals surface area contributed by atoms with Gasteiger partial charge in [0.2, 0.25) is 0 Å². The minimum Gasteiger partial charge on any atom is -0.489 e. The molecule has 2 aromatic heterocycles. The molecule has 0 aliphatic heterocycles. The van der Waals surface area contributed by atoms with Crippen molar-refractivity contribution >= 4 is 16.9 Å². The summed E-state index contributed by atoms with van der Waals surface area (Å²) in [6.07, 6.45) is 0. The number of nitrogens with one attached hydrogen (secondary N) is 1. The van der Waals surface area contributed by atoms with Crippen molar-refractivity contribution in [3.63, 3.8) is 0 Å². The molecule has 5 heteroatoms. The van der Waals surface area contributed by atoms with Crippen molar-refractivity contribution in [2.45, 2.75) is 6.61 Å². The van der Waals surface area contributed by atoms with Gasteiger partial charge in [0, 0.05) is 5.56 Å². The van der Waals surface area contributed by atoms with Gasteiger partial charge in [-0.1, -0.05) is 30.3 Å². The van der Waals surface area contributed by atoms with E-state index in [4.69, 9.17) is 10.5 Å². The van der Waals surface area contributed by atoms with Crippen molar-refractivity contribution in [2.75, 3.05) is 5.73 Å². The first-order valence-corrected chi connectivity index (χ1v) is 7.67. The van der Waals surface area contributed by atoms with Crippen LogP contribution < -0.4 is 10.5 Å². The maximum Gasteiger partial charge on any atom is 0.183 e. The van der Waals surface area contributed by atoms with E-state index in [1.54, 1.807) is 0 Å². The van der Waals surface area contributed by atoms with E-state index in [1.165, 1.54) is 0 Å². The molecule has 4 aromatic rings. The van der Waals surface area contributed by atoms with Crippen LogP contribution in [0.3, 0.4) is 0 Å². The fourth-order valence-corrected chi connectivity index (χ4v) is 2.54. The van der Waals surface area contributed by atoms with Crippen LogP contribution in [0, 0.1) is 0 Å². The standard InChI is InChI=1S/C19H16N4O/c20-18-16-10-11-17(21-19(16)23-22-18)14-6-8-15(9-7-14)24-12-13-4-2-1-3-5-13/h1-11H,12H2,(H3,20,21,22,23). The average molecular weight is 316 g/mol. The van der Waals surface area contributed by atoms with Gasteiger partial charge in [-0.05, 0) is 42.0 Å². The molecule has 24 heavy (non-hydrogen) atoms. The lowest BCUT2D eigenvalue weighted by atomic mass is 10.1. The summed E-state index contributed by atoms with van der Waals surface area (Å²) in [6, 6.07) is 21.8. The number of fused-ring (bicyclic) bond motifs is 1. The number of hydrogen-bond donors (Lipinski definition) is 2. The van der Waals surface area contributed by atoms with E-state index in [0.717, 1.165) is 28.0 Å². The summed E-state index contributed by atoms with van der Waals surface area (Å²) in [4.78, 5) is 4.53. The van der Waals surface area contributed by atoms with Crippen molar-refractivity contribution in [3.05, 3.63) is 72.3 Å². The lowest BCUT2D eigenvalue weighted by molar-refractivity contribution is 0.306. The number of anilines is 1. The molecule has 2 heterocycles. The lowest BCUT2D eigenvalue weighted by Gasteiger charge is -2.07. The monoisotopic (exact) mass is 316 g/mol. The maximum atomic E-state index is 5.80. The second-order valence-electron chi connectivity index (χ2n) is 5.50. The number of aromatic amines is 1. The topological polar surface area (TPSA) is 76.8 Å². The van der Waals surface area contributed by atoms with Crippen molar-refractivity contribution < 1.29 is 4.74 Å². The summed E-state index contributed by atoms with van der Waals surface area (Å²) in [7, 11) is 0. The Labute approximate surface area is 139 Å².